The molecule has 8 nitrogen and oxygen atoms in total. The van der Waals surface area contributed by atoms with E-state index >= 15 is 0 Å². The van der Waals surface area contributed by atoms with Crippen LogP contribution in [0.25, 0.3) is 5.65 Å². The van der Waals surface area contributed by atoms with Crippen LogP contribution in [0.4, 0.5) is 19.0 Å². The standard InChI is InChI=1S/C20H20F3N5O3/c1-30-15-4-2-3-13(11-15)12-31-18(29)14-7-9-27(10-8-14)17-6-5-16-24-25-19(20(21,22)23)28(16)26-17/h2-6,11,14H,7-10,12H2,1H3. The number of fused-ring (bicyclic) bond motifs is 1. The highest BCUT2D eigenvalue weighted by molar-refractivity contribution is 5.73. The van der Waals surface area contributed by atoms with Crippen LogP contribution in [0.1, 0.15) is 24.2 Å². The first-order valence-electron chi connectivity index (χ1n) is 9.69. The molecule has 11 heteroatoms. The summed E-state index contributed by atoms with van der Waals surface area (Å²) in [6.45, 7) is 1.10. The van der Waals surface area contributed by atoms with Crippen molar-refractivity contribution in [2.75, 3.05) is 25.1 Å². The molecule has 1 aliphatic heterocycles. The Kier molecular flexibility index (Phi) is 5.66. The molecule has 1 saturated heterocycles. The van der Waals surface area contributed by atoms with Crippen LogP contribution in [0.5, 0.6) is 5.75 Å². The number of rotatable bonds is 5. The van der Waals surface area contributed by atoms with E-state index in [1.807, 2.05) is 23.1 Å². The van der Waals surface area contributed by atoms with E-state index in [1.165, 1.54) is 6.07 Å². The van der Waals surface area contributed by atoms with E-state index in [4.69, 9.17) is 9.47 Å². The summed E-state index contributed by atoms with van der Waals surface area (Å²) >= 11 is 0. The molecule has 4 rings (SSSR count). The second-order valence-corrected chi connectivity index (χ2v) is 7.20. The fraction of sp³-hybridized carbons (Fsp3) is 0.400. The molecule has 0 bridgehead atoms. The van der Waals surface area contributed by atoms with Gasteiger partial charge >= 0.3 is 12.1 Å². The second kappa shape index (κ2) is 8.40. The zero-order chi connectivity index (χ0) is 22.0. The summed E-state index contributed by atoms with van der Waals surface area (Å²) in [5.74, 6) is -0.662. The number of carbonyl (C=O) groups excluding carboxylic acids is 1. The predicted octanol–water partition coefficient (Wildman–Crippen LogP) is 3.11. The van der Waals surface area contributed by atoms with E-state index in [-0.39, 0.29) is 24.1 Å². The summed E-state index contributed by atoms with van der Waals surface area (Å²) in [7, 11) is 1.57. The summed E-state index contributed by atoms with van der Waals surface area (Å²) < 4.78 is 50.5. The van der Waals surface area contributed by atoms with Gasteiger partial charge in [-0.15, -0.1) is 15.3 Å². The van der Waals surface area contributed by atoms with Crippen molar-refractivity contribution in [1.82, 2.24) is 19.8 Å². The van der Waals surface area contributed by atoms with Crippen LogP contribution in [-0.2, 0) is 22.3 Å². The van der Waals surface area contributed by atoms with Gasteiger partial charge in [0.05, 0.1) is 13.0 Å². The molecule has 0 unspecified atom stereocenters. The maximum Gasteiger partial charge on any atom is 0.453 e. The molecule has 0 N–H and O–H groups in total. The fourth-order valence-corrected chi connectivity index (χ4v) is 3.50. The molecule has 0 amide bonds. The average molecular weight is 435 g/mol. The molecule has 3 aromatic rings. The monoisotopic (exact) mass is 435 g/mol. The van der Waals surface area contributed by atoms with Crippen LogP contribution in [0.2, 0.25) is 0 Å². The molecule has 0 aliphatic carbocycles. The van der Waals surface area contributed by atoms with Gasteiger partial charge in [0.2, 0.25) is 0 Å². The van der Waals surface area contributed by atoms with Crippen molar-refractivity contribution in [3.63, 3.8) is 0 Å². The summed E-state index contributed by atoms with van der Waals surface area (Å²) in [4.78, 5) is 14.3. The highest BCUT2D eigenvalue weighted by Gasteiger charge is 2.38. The number of anilines is 1. The lowest BCUT2D eigenvalue weighted by atomic mass is 9.97. The smallest absolute Gasteiger partial charge is 0.453 e. The SMILES string of the molecule is COc1cccc(COC(=O)C2CCN(c3ccc4nnc(C(F)(F)F)n4n3)CC2)c1. The van der Waals surface area contributed by atoms with Gasteiger partial charge in [-0.05, 0) is 42.7 Å². The Morgan fingerprint density at radius 1 is 1.16 bits per heavy atom. The Balaban J connectivity index is 1.36. The van der Waals surface area contributed by atoms with Crippen molar-refractivity contribution in [2.24, 2.45) is 5.92 Å². The quantitative estimate of drug-likeness (QED) is 0.570. The molecule has 164 valence electrons. The minimum absolute atomic E-state index is 0.0204. The molecule has 0 saturated carbocycles. The Bertz CT molecular complexity index is 1080. The van der Waals surface area contributed by atoms with Crippen molar-refractivity contribution in [3.05, 3.63) is 47.8 Å². The molecule has 0 atom stereocenters. The molecule has 1 fully saturated rings. The van der Waals surface area contributed by atoms with Gasteiger partial charge in [0.1, 0.15) is 18.2 Å². The summed E-state index contributed by atoms with van der Waals surface area (Å²) in [5.41, 5.74) is 0.851. The molecule has 0 radical (unpaired) electrons. The number of alkyl halides is 3. The number of piperidine rings is 1. The number of hydrogen-bond donors (Lipinski definition) is 0. The van der Waals surface area contributed by atoms with Gasteiger partial charge in [0, 0.05) is 13.1 Å². The summed E-state index contributed by atoms with van der Waals surface area (Å²) in [6.07, 6.45) is -3.61. The largest absolute Gasteiger partial charge is 0.497 e. The third kappa shape index (κ3) is 4.54. The molecule has 1 aromatic carbocycles. The van der Waals surface area contributed by atoms with Gasteiger partial charge in [-0.25, -0.2) is 0 Å². The third-order valence-corrected chi connectivity index (χ3v) is 5.17. The van der Waals surface area contributed by atoms with Gasteiger partial charge in [0.15, 0.2) is 5.65 Å². The van der Waals surface area contributed by atoms with Crippen molar-refractivity contribution in [2.45, 2.75) is 25.6 Å². The second-order valence-electron chi connectivity index (χ2n) is 7.20. The normalized spacial score (nSPS) is 15.3. The number of esters is 1. The molecule has 31 heavy (non-hydrogen) atoms. The van der Waals surface area contributed by atoms with Gasteiger partial charge in [-0.2, -0.15) is 17.7 Å². The molecule has 1 aliphatic rings. The number of ether oxygens (including phenoxy) is 2. The fourth-order valence-electron chi connectivity index (χ4n) is 3.50. The number of nitrogens with zero attached hydrogens (tertiary/aromatic N) is 5. The van der Waals surface area contributed by atoms with Gasteiger partial charge in [-0.3, -0.25) is 4.79 Å². The Hall–Kier alpha value is -3.37. The number of carbonyl (C=O) groups is 1. The van der Waals surface area contributed by atoms with Crippen molar-refractivity contribution in [3.8, 4) is 5.75 Å². The average Bonchev–Trinajstić information content (AvgIpc) is 3.21. The van der Waals surface area contributed by atoms with Crippen LogP contribution < -0.4 is 9.64 Å². The number of benzene rings is 1. The lowest BCUT2D eigenvalue weighted by Gasteiger charge is -2.31. The summed E-state index contributed by atoms with van der Waals surface area (Å²) in [6, 6.07) is 10.3. The molecular weight excluding hydrogens is 415 g/mol. The lowest BCUT2D eigenvalue weighted by molar-refractivity contribution is -0.150. The highest BCUT2D eigenvalue weighted by Crippen LogP contribution is 2.29. The van der Waals surface area contributed by atoms with E-state index in [0.717, 1.165) is 5.56 Å². The third-order valence-electron chi connectivity index (χ3n) is 5.17. The van der Waals surface area contributed by atoms with Crippen molar-refractivity contribution in [1.29, 1.82) is 0 Å². The van der Waals surface area contributed by atoms with Gasteiger partial charge < -0.3 is 14.4 Å². The Labute approximate surface area is 175 Å². The van der Waals surface area contributed by atoms with Crippen molar-refractivity contribution < 1.29 is 27.4 Å². The van der Waals surface area contributed by atoms with E-state index in [9.17, 15) is 18.0 Å². The lowest BCUT2D eigenvalue weighted by Crippen LogP contribution is -2.37. The number of methoxy groups -OCH3 is 1. The molecular formula is C20H20F3N5O3. The van der Waals surface area contributed by atoms with E-state index in [1.54, 1.807) is 19.2 Å². The van der Waals surface area contributed by atoms with Crippen LogP contribution in [0.15, 0.2) is 36.4 Å². The number of halogens is 3. The van der Waals surface area contributed by atoms with Gasteiger partial charge in [-0.1, -0.05) is 12.1 Å². The Morgan fingerprint density at radius 2 is 1.94 bits per heavy atom. The molecule has 0 spiro atoms. The van der Waals surface area contributed by atoms with Crippen LogP contribution in [0, 0.1) is 5.92 Å². The predicted molar refractivity (Wildman–Crippen MR) is 104 cm³/mol. The van der Waals surface area contributed by atoms with Crippen LogP contribution in [0.3, 0.4) is 0 Å². The first-order valence-corrected chi connectivity index (χ1v) is 9.69. The van der Waals surface area contributed by atoms with E-state index < -0.39 is 12.0 Å². The minimum Gasteiger partial charge on any atom is -0.497 e. The van der Waals surface area contributed by atoms with Crippen LogP contribution >= 0.6 is 0 Å². The maximum atomic E-state index is 13.1. The maximum absolute atomic E-state index is 13.1. The zero-order valence-corrected chi connectivity index (χ0v) is 16.7. The van der Waals surface area contributed by atoms with E-state index in [2.05, 4.69) is 15.3 Å². The summed E-state index contributed by atoms with van der Waals surface area (Å²) in [5, 5.41) is 10.7. The topological polar surface area (TPSA) is 81.9 Å². The highest BCUT2D eigenvalue weighted by atomic mass is 19.4. The first-order chi connectivity index (χ1) is 14.8. The number of hydrogen-bond acceptors (Lipinski definition) is 7. The Morgan fingerprint density at radius 3 is 2.65 bits per heavy atom. The van der Waals surface area contributed by atoms with Crippen molar-refractivity contribution >= 4 is 17.4 Å². The number of aromatic nitrogens is 4. The minimum atomic E-state index is -4.65. The van der Waals surface area contributed by atoms with Crippen LogP contribution in [-0.4, -0.2) is 46.0 Å². The molecule has 2 aromatic heterocycles. The van der Waals surface area contributed by atoms with E-state index in [0.29, 0.717) is 42.0 Å². The first kappa shape index (κ1) is 20.9. The molecule has 3 heterocycles. The zero-order valence-electron chi connectivity index (χ0n) is 16.7. The van der Waals surface area contributed by atoms with Gasteiger partial charge in [0.25, 0.3) is 5.82 Å².